The molecule has 17 heavy (non-hydrogen) atoms. The summed E-state index contributed by atoms with van der Waals surface area (Å²) >= 11 is 5.79. The Morgan fingerprint density at radius 2 is 2.00 bits per heavy atom. The average Bonchev–Trinajstić information content (AvgIpc) is 2.27. The average molecular weight is 248 g/mol. The molecule has 2 aromatic rings. The number of nitrogens with two attached hydrogens (primary N) is 1. The number of aryl methyl sites for hydroxylation is 1. The molecule has 0 bridgehead atoms. The number of hydrogen-bond acceptors (Lipinski definition) is 3. The number of carbonyl (C=O) groups is 1. The van der Waals surface area contributed by atoms with E-state index in [0.717, 1.165) is 5.69 Å². The van der Waals surface area contributed by atoms with E-state index in [9.17, 15) is 4.79 Å². The molecule has 0 aliphatic heterocycles. The van der Waals surface area contributed by atoms with E-state index in [1.807, 2.05) is 13.0 Å². The molecule has 0 spiro atoms. The second-order valence-electron chi connectivity index (χ2n) is 3.57. The minimum Gasteiger partial charge on any atom is -0.366 e. The number of primary amides is 1. The van der Waals surface area contributed by atoms with Gasteiger partial charge in [0.25, 0.3) is 0 Å². The summed E-state index contributed by atoms with van der Waals surface area (Å²) in [7, 11) is 0. The predicted octanol–water partition coefficient (Wildman–Crippen LogP) is 2.20. The molecule has 2 rings (SSSR count). The predicted molar refractivity (Wildman–Crippen MR) is 65.7 cm³/mol. The number of halogens is 1. The number of aromatic nitrogens is 2. The van der Waals surface area contributed by atoms with Gasteiger partial charge in [0.1, 0.15) is 0 Å². The third-order valence-electron chi connectivity index (χ3n) is 2.30. The summed E-state index contributed by atoms with van der Waals surface area (Å²) in [5.74, 6) is -0.493. The number of rotatable bonds is 2. The van der Waals surface area contributed by atoms with Gasteiger partial charge < -0.3 is 5.73 Å². The first-order valence-electron chi connectivity index (χ1n) is 4.98. The van der Waals surface area contributed by atoms with E-state index in [1.54, 1.807) is 24.3 Å². The van der Waals surface area contributed by atoms with Crippen molar-refractivity contribution in [3.8, 4) is 11.3 Å². The highest BCUT2D eigenvalue weighted by Crippen LogP contribution is 2.23. The first kappa shape index (κ1) is 11.5. The normalized spacial score (nSPS) is 10.2. The molecule has 1 amide bonds. The van der Waals surface area contributed by atoms with Gasteiger partial charge in [0.2, 0.25) is 11.2 Å². The number of carbonyl (C=O) groups excluding carboxylic acids is 1. The monoisotopic (exact) mass is 247 g/mol. The van der Waals surface area contributed by atoms with Crippen LogP contribution in [0.1, 0.15) is 16.1 Å². The van der Waals surface area contributed by atoms with Crippen molar-refractivity contribution in [2.45, 2.75) is 6.92 Å². The highest BCUT2D eigenvalue weighted by molar-refractivity contribution is 6.28. The Morgan fingerprint density at radius 1 is 1.29 bits per heavy atom. The minimum atomic E-state index is -0.493. The van der Waals surface area contributed by atoms with E-state index in [4.69, 9.17) is 17.3 Å². The maximum absolute atomic E-state index is 11.3. The molecule has 0 radical (unpaired) electrons. The molecule has 0 unspecified atom stereocenters. The van der Waals surface area contributed by atoms with Crippen molar-refractivity contribution in [2.75, 3.05) is 0 Å². The molecule has 86 valence electrons. The smallest absolute Gasteiger partial charge is 0.249 e. The fraction of sp³-hybridized carbons (Fsp3) is 0.0833. The summed E-state index contributed by atoms with van der Waals surface area (Å²) in [6.07, 6.45) is 0. The summed E-state index contributed by atoms with van der Waals surface area (Å²) in [5.41, 5.74) is 7.72. The lowest BCUT2D eigenvalue weighted by Gasteiger charge is -2.06. The molecule has 5 heteroatoms. The van der Waals surface area contributed by atoms with Crippen LogP contribution in [-0.2, 0) is 0 Å². The maximum Gasteiger partial charge on any atom is 0.249 e. The molecule has 1 aromatic heterocycles. The Hall–Kier alpha value is -1.94. The van der Waals surface area contributed by atoms with Gasteiger partial charge in [0, 0.05) is 16.8 Å². The van der Waals surface area contributed by atoms with Crippen LogP contribution in [0.25, 0.3) is 11.3 Å². The van der Waals surface area contributed by atoms with Gasteiger partial charge in [-0.1, -0.05) is 18.2 Å². The lowest BCUT2D eigenvalue weighted by atomic mass is 10.0. The molecule has 0 aliphatic carbocycles. The summed E-state index contributed by atoms with van der Waals surface area (Å²) in [6, 6.07) is 8.75. The third-order valence-corrected chi connectivity index (χ3v) is 2.46. The molecule has 0 fully saturated rings. The highest BCUT2D eigenvalue weighted by Gasteiger charge is 2.11. The Bertz CT molecular complexity index is 563. The van der Waals surface area contributed by atoms with Gasteiger partial charge in [-0.25, -0.2) is 9.97 Å². The van der Waals surface area contributed by atoms with Crippen molar-refractivity contribution < 1.29 is 4.79 Å². The summed E-state index contributed by atoms with van der Waals surface area (Å²) in [5, 5.41) is 0.152. The van der Waals surface area contributed by atoms with Crippen molar-refractivity contribution in [3.63, 3.8) is 0 Å². The summed E-state index contributed by atoms with van der Waals surface area (Å²) in [4.78, 5) is 19.4. The van der Waals surface area contributed by atoms with E-state index in [-0.39, 0.29) is 5.28 Å². The van der Waals surface area contributed by atoms with E-state index in [1.165, 1.54) is 0 Å². The minimum absolute atomic E-state index is 0.152. The summed E-state index contributed by atoms with van der Waals surface area (Å²) < 4.78 is 0. The van der Waals surface area contributed by atoms with E-state index in [0.29, 0.717) is 16.8 Å². The molecule has 0 saturated heterocycles. The van der Waals surface area contributed by atoms with Gasteiger partial charge in [-0.05, 0) is 30.7 Å². The fourth-order valence-electron chi connectivity index (χ4n) is 1.59. The maximum atomic E-state index is 11.3. The van der Waals surface area contributed by atoms with Crippen LogP contribution >= 0.6 is 11.6 Å². The van der Waals surface area contributed by atoms with Crippen molar-refractivity contribution in [3.05, 3.63) is 46.9 Å². The van der Waals surface area contributed by atoms with Gasteiger partial charge in [0.05, 0.1) is 5.69 Å². The zero-order valence-corrected chi connectivity index (χ0v) is 9.90. The molecule has 0 aliphatic rings. The van der Waals surface area contributed by atoms with E-state index in [2.05, 4.69) is 9.97 Å². The largest absolute Gasteiger partial charge is 0.366 e. The second-order valence-corrected chi connectivity index (χ2v) is 3.91. The van der Waals surface area contributed by atoms with Crippen LogP contribution in [-0.4, -0.2) is 15.9 Å². The van der Waals surface area contributed by atoms with Gasteiger partial charge in [-0.15, -0.1) is 0 Å². The topological polar surface area (TPSA) is 68.9 Å². The van der Waals surface area contributed by atoms with Crippen LogP contribution < -0.4 is 5.73 Å². The van der Waals surface area contributed by atoms with Crippen LogP contribution in [0, 0.1) is 6.92 Å². The first-order valence-corrected chi connectivity index (χ1v) is 5.36. The van der Waals surface area contributed by atoms with Gasteiger partial charge in [0.15, 0.2) is 0 Å². The van der Waals surface area contributed by atoms with Gasteiger partial charge in [-0.3, -0.25) is 4.79 Å². The van der Waals surface area contributed by atoms with Gasteiger partial charge in [-0.2, -0.15) is 0 Å². The van der Waals surface area contributed by atoms with E-state index >= 15 is 0 Å². The zero-order valence-electron chi connectivity index (χ0n) is 9.14. The van der Waals surface area contributed by atoms with Crippen molar-refractivity contribution in [2.24, 2.45) is 5.73 Å². The quantitative estimate of drug-likeness (QED) is 0.827. The first-order chi connectivity index (χ1) is 8.08. The van der Waals surface area contributed by atoms with Crippen LogP contribution in [0.4, 0.5) is 0 Å². The molecule has 1 heterocycles. The SMILES string of the molecule is Cc1cc(-c2ccccc2C(N)=O)nc(Cl)n1. The van der Waals surface area contributed by atoms with Crippen LogP contribution in [0.3, 0.4) is 0 Å². The second kappa shape index (κ2) is 4.51. The number of benzene rings is 1. The number of amides is 1. The van der Waals surface area contributed by atoms with Crippen LogP contribution in [0.2, 0.25) is 5.28 Å². The number of hydrogen-bond donors (Lipinski definition) is 1. The Labute approximate surface area is 103 Å². The summed E-state index contributed by atoms with van der Waals surface area (Å²) in [6.45, 7) is 1.81. The highest BCUT2D eigenvalue weighted by atomic mass is 35.5. The molecule has 4 nitrogen and oxygen atoms in total. The molecule has 0 atom stereocenters. The van der Waals surface area contributed by atoms with Crippen molar-refractivity contribution in [1.29, 1.82) is 0 Å². The third kappa shape index (κ3) is 2.42. The molecule has 1 aromatic carbocycles. The van der Waals surface area contributed by atoms with Crippen LogP contribution in [0.5, 0.6) is 0 Å². The standard InChI is InChI=1S/C12H10ClN3O/c1-7-6-10(16-12(13)15-7)8-4-2-3-5-9(8)11(14)17/h2-6H,1H3,(H2,14,17). The van der Waals surface area contributed by atoms with E-state index < -0.39 is 5.91 Å². The Kier molecular flexibility index (Phi) is 3.06. The molecule has 2 N–H and O–H groups in total. The Balaban J connectivity index is 2.64. The van der Waals surface area contributed by atoms with Crippen molar-refractivity contribution in [1.82, 2.24) is 9.97 Å². The lowest BCUT2D eigenvalue weighted by Crippen LogP contribution is -2.12. The van der Waals surface area contributed by atoms with Gasteiger partial charge >= 0.3 is 0 Å². The fourth-order valence-corrected chi connectivity index (χ4v) is 1.82. The molecule has 0 saturated carbocycles. The molecular formula is C12H10ClN3O. The lowest BCUT2D eigenvalue weighted by molar-refractivity contribution is 0.100. The Morgan fingerprint density at radius 3 is 2.65 bits per heavy atom. The molecular weight excluding hydrogens is 238 g/mol. The number of nitrogens with zero attached hydrogens (tertiary/aromatic N) is 2. The van der Waals surface area contributed by atoms with Crippen molar-refractivity contribution >= 4 is 17.5 Å². The zero-order chi connectivity index (χ0) is 12.4. The van der Waals surface area contributed by atoms with Crippen LogP contribution in [0.15, 0.2) is 30.3 Å².